The molecular weight excluding hydrogens is 539 g/mol. The quantitative estimate of drug-likeness (QED) is 0.304. The first-order chi connectivity index (χ1) is 19.0. The van der Waals surface area contributed by atoms with Crippen molar-refractivity contribution in [2.45, 2.75) is 31.2 Å². The summed E-state index contributed by atoms with van der Waals surface area (Å²) >= 11 is 12.1. The van der Waals surface area contributed by atoms with Crippen molar-refractivity contribution in [3.05, 3.63) is 81.8 Å². The number of fused-ring (bicyclic) bond motifs is 1. The lowest BCUT2D eigenvalue weighted by atomic mass is 9.85. The van der Waals surface area contributed by atoms with Crippen molar-refractivity contribution in [2.24, 2.45) is 0 Å². The summed E-state index contributed by atoms with van der Waals surface area (Å²) in [5.41, 5.74) is 3.16. The minimum Gasteiger partial charge on any atom is -0.490 e. The lowest BCUT2D eigenvalue weighted by Crippen LogP contribution is -2.49. The van der Waals surface area contributed by atoms with E-state index in [2.05, 4.69) is 16.3 Å². The van der Waals surface area contributed by atoms with Crippen molar-refractivity contribution in [3.63, 3.8) is 0 Å². The number of aliphatic hydroxyl groups excluding tert-OH is 1. The summed E-state index contributed by atoms with van der Waals surface area (Å²) in [4.78, 5) is 2.34. The van der Waals surface area contributed by atoms with Crippen LogP contribution in [-0.4, -0.2) is 63.8 Å². The van der Waals surface area contributed by atoms with E-state index in [0.717, 1.165) is 48.7 Å². The molecule has 1 fully saturated rings. The van der Waals surface area contributed by atoms with Crippen molar-refractivity contribution in [3.8, 4) is 17.2 Å². The van der Waals surface area contributed by atoms with Crippen LogP contribution in [0.25, 0.3) is 0 Å². The minimum absolute atomic E-state index is 0.170. The van der Waals surface area contributed by atoms with E-state index in [1.54, 1.807) is 25.3 Å². The predicted octanol–water partition coefficient (Wildman–Crippen LogP) is 5.65. The molecule has 39 heavy (non-hydrogen) atoms. The Bertz CT molecular complexity index is 1240. The molecule has 0 aliphatic carbocycles. The number of benzene rings is 3. The molecule has 208 valence electrons. The van der Waals surface area contributed by atoms with Gasteiger partial charge in [-0.3, -0.25) is 0 Å². The fourth-order valence-corrected chi connectivity index (χ4v) is 5.44. The number of hydrogen-bond acceptors (Lipinski definition) is 7. The van der Waals surface area contributed by atoms with Gasteiger partial charge in [0.2, 0.25) is 0 Å². The number of anilines is 1. The Kier molecular flexibility index (Phi) is 9.50. The van der Waals surface area contributed by atoms with Crippen LogP contribution >= 0.6 is 23.2 Å². The highest BCUT2D eigenvalue weighted by atomic mass is 35.5. The topological polar surface area (TPSA) is 72.4 Å². The number of rotatable bonds is 10. The molecule has 0 bridgehead atoms. The highest BCUT2D eigenvalue weighted by Crippen LogP contribution is 2.35. The van der Waals surface area contributed by atoms with Crippen LogP contribution in [0.5, 0.6) is 17.2 Å². The Morgan fingerprint density at radius 3 is 2.62 bits per heavy atom. The molecule has 9 heteroatoms. The van der Waals surface area contributed by atoms with Gasteiger partial charge in [-0.05, 0) is 53.9 Å². The summed E-state index contributed by atoms with van der Waals surface area (Å²) in [6, 6.07) is 19.1. The van der Waals surface area contributed by atoms with Crippen LogP contribution in [0.3, 0.4) is 0 Å². The van der Waals surface area contributed by atoms with E-state index < -0.39 is 6.10 Å². The van der Waals surface area contributed by atoms with E-state index in [0.29, 0.717) is 47.8 Å². The minimum atomic E-state index is -0.571. The summed E-state index contributed by atoms with van der Waals surface area (Å²) in [6.07, 6.45) is 0.195. The standard InChI is InChI=1S/C30H34Cl2N2O5/c1-36-13-2-11-34-12-14-37-28-10-3-20(15-26(28)34)19-38-29-18-33-17-27(35)30(29)21-4-6-22(7-5-21)39-23-8-9-24(31)25(32)16-23/h3-10,15-16,27,29-30,33,35H,2,11-14,17-19H2,1H3/t27-,29+,30?/m1/s1. The Morgan fingerprint density at radius 1 is 1.00 bits per heavy atom. The van der Waals surface area contributed by atoms with E-state index in [1.807, 2.05) is 36.4 Å². The van der Waals surface area contributed by atoms with Crippen LogP contribution in [0.15, 0.2) is 60.7 Å². The molecule has 2 aliphatic heterocycles. The fourth-order valence-electron chi connectivity index (χ4n) is 5.15. The molecule has 0 aromatic heterocycles. The van der Waals surface area contributed by atoms with Gasteiger partial charge in [0.05, 0.1) is 41.1 Å². The number of hydrogen-bond donors (Lipinski definition) is 2. The third-order valence-electron chi connectivity index (χ3n) is 7.13. The summed E-state index contributed by atoms with van der Waals surface area (Å²) in [5, 5.41) is 15.1. The first-order valence-electron chi connectivity index (χ1n) is 13.2. The summed E-state index contributed by atoms with van der Waals surface area (Å²) in [6.45, 7) is 4.79. The third kappa shape index (κ3) is 6.98. The zero-order valence-electron chi connectivity index (χ0n) is 21.9. The van der Waals surface area contributed by atoms with Crippen LogP contribution in [0, 0.1) is 0 Å². The molecule has 0 radical (unpaired) electrons. The number of halogens is 2. The molecule has 0 saturated carbocycles. The maximum absolute atomic E-state index is 10.9. The number of aliphatic hydroxyl groups is 1. The molecule has 0 amide bonds. The second-order valence-electron chi connectivity index (χ2n) is 9.83. The van der Waals surface area contributed by atoms with Crippen LogP contribution in [0.1, 0.15) is 23.5 Å². The van der Waals surface area contributed by atoms with Gasteiger partial charge in [0.25, 0.3) is 0 Å². The van der Waals surface area contributed by atoms with Crippen molar-refractivity contribution >= 4 is 28.9 Å². The molecule has 7 nitrogen and oxygen atoms in total. The maximum atomic E-state index is 10.9. The van der Waals surface area contributed by atoms with Gasteiger partial charge >= 0.3 is 0 Å². The van der Waals surface area contributed by atoms with Gasteiger partial charge in [0.1, 0.15) is 23.9 Å². The Morgan fingerprint density at radius 2 is 1.82 bits per heavy atom. The molecule has 2 aliphatic rings. The molecule has 5 rings (SSSR count). The van der Waals surface area contributed by atoms with Crippen molar-refractivity contribution in [2.75, 3.05) is 51.4 Å². The third-order valence-corrected chi connectivity index (χ3v) is 7.87. The number of nitrogens with zero attached hydrogens (tertiary/aromatic N) is 1. The SMILES string of the molecule is COCCCN1CCOc2ccc(CO[C@H]3CNC[C@@H](O)C3c3ccc(Oc4ccc(Cl)c(Cl)c4)cc3)cc21. The van der Waals surface area contributed by atoms with Crippen molar-refractivity contribution < 1.29 is 24.1 Å². The number of β-amino-alcohol motifs (C(OH)–C–C–N with tert-alkyl or cyclic N) is 1. The van der Waals surface area contributed by atoms with Gasteiger partial charge in [-0.2, -0.15) is 0 Å². The smallest absolute Gasteiger partial charge is 0.142 e. The van der Waals surface area contributed by atoms with Crippen LogP contribution in [0.4, 0.5) is 5.69 Å². The summed E-state index contributed by atoms with van der Waals surface area (Å²) in [5.74, 6) is 2.01. The molecule has 3 atom stereocenters. The normalized spacial score (nSPS) is 20.8. The van der Waals surface area contributed by atoms with E-state index in [9.17, 15) is 5.11 Å². The fraction of sp³-hybridized carbons (Fsp3) is 0.400. The molecule has 2 N–H and O–H groups in total. The number of piperidine rings is 1. The van der Waals surface area contributed by atoms with E-state index in [4.69, 9.17) is 42.1 Å². The highest BCUT2D eigenvalue weighted by molar-refractivity contribution is 6.42. The highest BCUT2D eigenvalue weighted by Gasteiger charge is 2.34. The lowest BCUT2D eigenvalue weighted by Gasteiger charge is -2.36. The van der Waals surface area contributed by atoms with Gasteiger partial charge in [-0.1, -0.05) is 41.4 Å². The van der Waals surface area contributed by atoms with E-state index in [1.165, 1.54) is 0 Å². The second-order valence-corrected chi connectivity index (χ2v) is 10.6. The average Bonchev–Trinajstić information content (AvgIpc) is 2.95. The van der Waals surface area contributed by atoms with Gasteiger partial charge < -0.3 is 34.3 Å². The molecule has 0 spiro atoms. The Balaban J connectivity index is 1.25. The summed E-state index contributed by atoms with van der Waals surface area (Å²) < 4.78 is 23.5. The predicted molar refractivity (Wildman–Crippen MR) is 154 cm³/mol. The molecule has 1 saturated heterocycles. The monoisotopic (exact) mass is 572 g/mol. The Labute approximate surface area is 239 Å². The molecular formula is C30H34Cl2N2O5. The number of methoxy groups -OCH3 is 1. The van der Waals surface area contributed by atoms with Crippen molar-refractivity contribution in [1.29, 1.82) is 0 Å². The number of nitrogens with one attached hydrogen (secondary N) is 1. The van der Waals surface area contributed by atoms with E-state index >= 15 is 0 Å². The first-order valence-corrected chi connectivity index (χ1v) is 14.0. The second kappa shape index (κ2) is 13.2. The summed E-state index contributed by atoms with van der Waals surface area (Å²) in [7, 11) is 1.73. The maximum Gasteiger partial charge on any atom is 0.142 e. The van der Waals surface area contributed by atoms with E-state index in [-0.39, 0.29) is 12.0 Å². The van der Waals surface area contributed by atoms with Gasteiger partial charge in [-0.15, -0.1) is 0 Å². The Hall–Kier alpha value is -2.52. The largest absolute Gasteiger partial charge is 0.490 e. The zero-order chi connectivity index (χ0) is 27.2. The number of ether oxygens (including phenoxy) is 4. The molecule has 3 aromatic carbocycles. The van der Waals surface area contributed by atoms with Gasteiger partial charge in [-0.25, -0.2) is 0 Å². The van der Waals surface area contributed by atoms with Crippen LogP contribution in [0.2, 0.25) is 10.0 Å². The lowest BCUT2D eigenvalue weighted by molar-refractivity contribution is -0.0328. The molecule has 1 unspecified atom stereocenters. The molecule has 2 heterocycles. The zero-order valence-corrected chi connectivity index (χ0v) is 23.5. The van der Waals surface area contributed by atoms with Crippen LogP contribution in [-0.2, 0) is 16.1 Å². The van der Waals surface area contributed by atoms with Crippen LogP contribution < -0.4 is 19.7 Å². The first kappa shape index (κ1) is 28.0. The molecule has 3 aromatic rings. The average molecular weight is 574 g/mol. The van der Waals surface area contributed by atoms with Crippen molar-refractivity contribution in [1.82, 2.24) is 5.32 Å². The van der Waals surface area contributed by atoms with Gasteiger partial charge in [0.15, 0.2) is 0 Å². The van der Waals surface area contributed by atoms with Gasteiger partial charge in [0, 0.05) is 45.3 Å².